The van der Waals surface area contributed by atoms with Crippen molar-refractivity contribution < 1.29 is 29.6 Å². The van der Waals surface area contributed by atoms with E-state index in [9.17, 15) is 20.1 Å². The van der Waals surface area contributed by atoms with Crippen LogP contribution in [0.4, 0.5) is 0 Å². The highest BCUT2D eigenvalue weighted by atomic mass is 16.7. The Bertz CT molecular complexity index is 218. The van der Waals surface area contributed by atoms with Gasteiger partial charge in [0, 0.05) is 6.92 Å². The molecule has 1 rings (SSSR count). The van der Waals surface area contributed by atoms with E-state index in [2.05, 4.69) is 4.74 Å². The van der Waals surface area contributed by atoms with Gasteiger partial charge in [-0.05, 0) is 6.92 Å². The molecule has 0 spiro atoms. The Morgan fingerprint density at radius 3 is 2.29 bits per heavy atom. The van der Waals surface area contributed by atoms with E-state index in [1.807, 2.05) is 0 Å². The van der Waals surface area contributed by atoms with Gasteiger partial charge in [0.15, 0.2) is 0 Å². The normalized spacial score (nSPS) is 43.4. The lowest BCUT2D eigenvalue weighted by atomic mass is 10.0. The highest BCUT2D eigenvalue weighted by molar-refractivity contribution is 5.66. The van der Waals surface area contributed by atoms with Crippen LogP contribution >= 0.6 is 0 Å². The molecule has 0 unspecified atom stereocenters. The number of ether oxygens (including phenoxy) is 2. The van der Waals surface area contributed by atoms with Crippen molar-refractivity contribution in [2.75, 3.05) is 0 Å². The van der Waals surface area contributed by atoms with E-state index in [0.717, 1.165) is 6.92 Å². The minimum absolute atomic E-state index is 0.621. The molecule has 3 N–H and O–H groups in total. The zero-order chi connectivity index (χ0) is 10.9. The molecule has 6 heteroatoms. The number of carbonyl (C=O) groups is 1. The highest BCUT2D eigenvalue weighted by Crippen LogP contribution is 2.21. The van der Waals surface area contributed by atoms with E-state index in [1.54, 1.807) is 0 Å². The van der Waals surface area contributed by atoms with E-state index >= 15 is 0 Å². The summed E-state index contributed by atoms with van der Waals surface area (Å²) >= 11 is 0. The van der Waals surface area contributed by atoms with E-state index in [4.69, 9.17) is 4.74 Å². The van der Waals surface area contributed by atoms with Crippen molar-refractivity contribution in [3.8, 4) is 0 Å². The smallest absolute Gasteiger partial charge is 0.305 e. The van der Waals surface area contributed by atoms with Crippen molar-refractivity contribution in [3.63, 3.8) is 0 Å². The molecule has 1 heterocycles. The first-order chi connectivity index (χ1) is 6.43. The maximum Gasteiger partial charge on any atom is 0.305 e. The van der Waals surface area contributed by atoms with Crippen LogP contribution in [0.1, 0.15) is 13.8 Å². The summed E-state index contributed by atoms with van der Waals surface area (Å²) in [6, 6.07) is 0. The number of hydrogen-bond donors (Lipinski definition) is 3. The van der Waals surface area contributed by atoms with Gasteiger partial charge in [0.05, 0.1) is 6.10 Å². The molecule has 0 aromatic heterocycles. The molecule has 1 fully saturated rings. The molecule has 0 aliphatic carbocycles. The second kappa shape index (κ2) is 4.22. The van der Waals surface area contributed by atoms with Crippen LogP contribution in [0.2, 0.25) is 0 Å². The molecule has 0 bridgehead atoms. The SMILES string of the molecule is CC(=O)O[C@@H]1O[C@@H](C)[C@H](O)[C@@H](O)[C@H]1O. The molecule has 6 nitrogen and oxygen atoms in total. The predicted molar refractivity (Wildman–Crippen MR) is 44.1 cm³/mol. The van der Waals surface area contributed by atoms with Gasteiger partial charge in [-0.25, -0.2) is 0 Å². The van der Waals surface area contributed by atoms with Gasteiger partial charge in [0.2, 0.25) is 6.29 Å². The van der Waals surface area contributed by atoms with Crippen LogP contribution in [-0.4, -0.2) is 52.0 Å². The Kier molecular flexibility index (Phi) is 3.43. The van der Waals surface area contributed by atoms with Gasteiger partial charge in [0.1, 0.15) is 18.3 Å². The Morgan fingerprint density at radius 2 is 1.79 bits per heavy atom. The lowest BCUT2D eigenvalue weighted by Gasteiger charge is -2.38. The summed E-state index contributed by atoms with van der Waals surface area (Å²) in [6.07, 6.45) is -5.90. The molecule has 5 atom stereocenters. The topological polar surface area (TPSA) is 96.2 Å². The van der Waals surface area contributed by atoms with Crippen LogP contribution in [0.5, 0.6) is 0 Å². The molecule has 14 heavy (non-hydrogen) atoms. The first-order valence-electron chi connectivity index (χ1n) is 4.30. The van der Waals surface area contributed by atoms with Gasteiger partial charge in [-0.2, -0.15) is 0 Å². The quantitative estimate of drug-likeness (QED) is 0.446. The van der Waals surface area contributed by atoms with Crippen molar-refractivity contribution >= 4 is 5.97 Å². The van der Waals surface area contributed by atoms with Crippen LogP contribution in [0.15, 0.2) is 0 Å². The van der Waals surface area contributed by atoms with Crippen molar-refractivity contribution in [2.24, 2.45) is 0 Å². The van der Waals surface area contributed by atoms with E-state index < -0.39 is 36.7 Å². The minimum Gasteiger partial charge on any atom is -0.433 e. The lowest BCUT2D eigenvalue weighted by Crippen LogP contribution is -2.57. The summed E-state index contributed by atoms with van der Waals surface area (Å²) < 4.78 is 9.60. The maximum absolute atomic E-state index is 10.6. The van der Waals surface area contributed by atoms with Gasteiger partial charge >= 0.3 is 5.97 Å². The van der Waals surface area contributed by atoms with Crippen LogP contribution in [0.25, 0.3) is 0 Å². The summed E-state index contributed by atoms with van der Waals surface area (Å²) in [5, 5.41) is 28.0. The van der Waals surface area contributed by atoms with Crippen LogP contribution in [0.3, 0.4) is 0 Å². The van der Waals surface area contributed by atoms with Gasteiger partial charge < -0.3 is 24.8 Å². The molecule has 1 saturated heterocycles. The summed E-state index contributed by atoms with van der Waals surface area (Å²) in [6.45, 7) is 2.68. The molecule has 1 aliphatic rings. The molecule has 0 aromatic rings. The zero-order valence-electron chi connectivity index (χ0n) is 7.95. The molecule has 0 radical (unpaired) electrons. The average molecular weight is 206 g/mol. The fourth-order valence-corrected chi connectivity index (χ4v) is 1.27. The second-order valence-corrected chi connectivity index (χ2v) is 3.29. The molecular formula is C8H14O6. The fraction of sp³-hybridized carbons (Fsp3) is 0.875. The van der Waals surface area contributed by atoms with Crippen molar-refractivity contribution in [1.29, 1.82) is 0 Å². The Hall–Kier alpha value is -0.690. The summed E-state index contributed by atoms with van der Waals surface area (Å²) in [5.74, 6) is -0.621. The summed E-state index contributed by atoms with van der Waals surface area (Å²) in [5.41, 5.74) is 0. The Labute approximate surface area is 81.1 Å². The first-order valence-corrected chi connectivity index (χ1v) is 4.30. The minimum atomic E-state index is -1.43. The third-order valence-corrected chi connectivity index (χ3v) is 2.09. The van der Waals surface area contributed by atoms with Gasteiger partial charge in [-0.1, -0.05) is 0 Å². The summed E-state index contributed by atoms with van der Waals surface area (Å²) in [7, 11) is 0. The average Bonchev–Trinajstić information content (AvgIpc) is 2.10. The number of rotatable bonds is 1. The number of aliphatic hydroxyl groups excluding tert-OH is 3. The first kappa shape index (κ1) is 11.4. The van der Waals surface area contributed by atoms with E-state index in [-0.39, 0.29) is 0 Å². The Morgan fingerprint density at radius 1 is 1.21 bits per heavy atom. The molecule has 0 aromatic carbocycles. The number of hydrogen-bond acceptors (Lipinski definition) is 6. The predicted octanol–water partition coefficient (Wildman–Crippen LogP) is -1.62. The highest BCUT2D eigenvalue weighted by Gasteiger charge is 2.43. The van der Waals surface area contributed by atoms with Crippen LogP contribution < -0.4 is 0 Å². The third kappa shape index (κ3) is 2.21. The third-order valence-electron chi connectivity index (χ3n) is 2.09. The fourth-order valence-electron chi connectivity index (χ4n) is 1.27. The number of esters is 1. The molecule has 1 aliphatic heterocycles. The number of aliphatic hydroxyl groups is 3. The van der Waals surface area contributed by atoms with Crippen molar-refractivity contribution in [1.82, 2.24) is 0 Å². The monoisotopic (exact) mass is 206 g/mol. The molecule has 0 amide bonds. The molecule has 0 saturated carbocycles. The van der Waals surface area contributed by atoms with Crippen LogP contribution in [-0.2, 0) is 14.3 Å². The van der Waals surface area contributed by atoms with Crippen LogP contribution in [0, 0.1) is 0 Å². The van der Waals surface area contributed by atoms with Gasteiger partial charge in [-0.15, -0.1) is 0 Å². The Balaban J connectivity index is 2.65. The standard InChI is InChI=1S/C8H14O6/c1-3-5(10)6(11)7(12)8(13-3)14-4(2)9/h3,5-8,10-12H,1-2H3/t3-,5-,6+,7+,8-/m0/s1. The van der Waals surface area contributed by atoms with E-state index in [0.29, 0.717) is 0 Å². The van der Waals surface area contributed by atoms with Gasteiger partial charge in [-0.3, -0.25) is 4.79 Å². The lowest BCUT2D eigenvalue weighted by molar-refractivity contribution is -0.284. The molecule has 82 valence electrons. The maximum atomic E-state index is 10.6. The second-order valence-electron chi connectivity index (χ2n) is 3.29. The number of carbonyl (C=O) groups excluding carboxylic acids is 1. The van der Waals surface area contributed by atoms with E-state index in [1.165, 1.54) is 6.92 Å². The van der Waals surface area contributed by atoms with Crippen molar-refractivity contribution in [2.45, 2.75) is 44.6 Å². The van der Waals surface area contributed by atoms with Gasteiger partial charge in [0.25, 0.3) is 0 Å². The molecular weight excluding hydrogens is 192 g/mol. The van der Waals surface area contributed by atoms with Crippen molar-refractivity contribution in [3.05, 3.63) is 0 Å². The largest absolute Gasteiger partial charge is 0.433 e. The zero-order valence-corrected chi connectivity index (χ0v) is 7.95. The summed E-state index contributed by atoms with van der Waals surface area (Å²) in [4.78, 5) is 10.6.